The SMILES string of the molecule is C=C(Cl)CNS(=O)(=O)c1ccc(Cl)cc1N. The molecule has 1 rings (SSSR count). The van der Waals surface area contributed by atoms with E-state index in [2.05, 4.69) is 11.3 Å². The van der Waals surface area contributed by atoms with Crippen LogP contribution in [0.5, 0.6) is 0 Å². The van der Waals surface area contributed by atoms with Gasteiger partial charge in [0.1, 0.15) is 4.90 Å². The van der Waals surface area contributed by atoms with E-state index in [4.69, 9.17) is 28.9 Å². The average molecular weight is 281 g/mol. The summed E-state index contributed by atoms with van der Waals surface area (Å²) in [5.41, 5.74) is 5.64. The predicted octanol–water partition coefficient (Wildman–Crippen LogP) is 1.95. The van der Waals surface area contributed by atoms with Gasteiger partial charge < -0.3 is 5.73 Å². The van der Waals surface area contributed by atoms with Gasteiger partial charge in [-0.1, -0.05) is 29.8 Å². The van der Waals surface area contributed by atoms with Crippen molar-refractivity contribution < 1.29 is 8.42 Å². The normalized spacial score (nSPS) is 11.4. The molecule has 0 fully saturated rings. The van der Waals surface area contributed by atoms with Gasteiger partial charge in [-0.15, -0.1) is 0 Å². The van der Waals surface area contributed by atoms with E-state index in [1.165, 1.54) is 18.2 Å². The Morgan fingerprint density at radius 2 is 2.12 bits per heavy atom. The highest BCUT2D eigenvalue weighted by Gasteiger charge is 2.16. The minimum atomic E-state index is -3.68. The highest BCUT2D eigenvalue weighted by atomic mass is 35.5. The number of anilines is 1. The summed E-state index contributed by atoms with van der Waals surface area (Å²) in [7, 11) is -3.68. The molecule has 4 nitrogen and oxygen atoms in total. The lowest BCUT2D eigenvalue weighted by molar-refractivity contribution is 0.586. The molecule has 0 spiro atoms. The Morgan fingerprint density at radius 1 is 1.50 bits per heavy atom. The maximum Gasteiger partial charge on any atom is 0.242 e. The van der Waals surface area contributed by atoms with Crippen LogP contribution in [0.25, 0.3) is 0 Å². The van der Waals surface area contributed by atoms with Crippen molar-refractivity contribution in [2.75, 3.05) is 12.3 Å². The summed E-state index contributed by atoms with van der Waals surface area (Å²) in [5, 5.41) is 0.564. The first-order valence-electron chi connectivity index (χ1n) is 4.21. The first-order chi connectivity index (χ1) is 7.33. The molecule has 0 unspecified atom stereocenters. The van der Waals surface area contributed by atoms with E-state index in [9.17, 15) is 8.42 Å². The molecule has 16 heavy (non-hydrogen) atoms. The molecule has 88 valence electrons. The largest absolute Gasteiger partial charge is 0.398 e. The molecule has 0 aliphatic carbocycles. The topological polar surface area (TPSA) is 72.2 Å². The molecule has 0 amide bonds. The second-order valence-corrected chi connectivity index (χ2v) is 5.73. The summed E-state index contributed by atoms with van der Waals surface area (Å²) in [6, 6.07) is 4.14. The highest BCUT2D eigenvalue weighted by Crippen LogP contribution is 2.22. The molecule has 1 aromatic carbocycles. The lowest BCUT2D eigenvalue weighted by Crippen LogP contribution is -2.25. The molecular formula is C9H10Cl2N2O2S. The van der Waals surface area contributed by atoms with Crippen LogP contribution in [0, 0.1) is 0 Å². The van der Waals surface area contributed by atoms with Crippen LogP contribution in [0.4, 0.5) is 5.69 Å². The van der Waals surface area contributed by atoms with Gasteiger partial charge in [-0.3, -0.25) is 0 Å². The lowest BCUT2D eigenvalue weighted by Gasteiger charge is -2.08. The molecule has 0 aromatic heterocycles. The zero-order valence-corrected chi connectivity index (χ0v) is 10.5. The van der Waals surface area contributed by atoms with E-state index in [0.29, 0.717) is 5.02 Å². The first kappa shape index (κ1) is 13.3. The summed E-state index contributed by atoms with van der Waals surface area (Å²) in [6.07, 6.45) is 0. The molecule has 0 atom stereocenters. The van der Waals surface area contributed by atoms with Gasteiger partial charge in [0.25, 0.3) is 0 Å². The lowest BCUT2D eigenvalue weighted by atomic mass is 10.3. The summed E-state index contributed by atoms with van der Waals surface area (Å²) in [5.74, 6) is 0. The number of rotatable bonds is 4. The number of hydrogen-bond acceptors (Lipinski definition) is 3. The number of hydrogen-bond donors (Lipinski definition) is 2. The van der Waals surface area contributed by atoms with Gasteiger partial charge in [0.15, 0.2) is 0 Å². The first-order valence-corrected chi connectivity index (χ1v) is 6.45. The Kier molecular flexibility index (Phi) is 4.21. The zero-order valence-electron chi connectivity index (χ0n) is 8.20. The number of nitrogens with one attached hydrogen (secondary N) is 1. The van der Waals surface area contributed by atoms with Crippen LogP contribution in [0.15, 0.2) is 34.7 Å². The molecular weight excluding hydrogens is 271 g/mol. The van der Waals surface area contributed by atoms with Crippen molar-refractivity contribution in [3.8, 4) is 0 Å². The van der Waals surface area contributed by atoms with Crippen molar-refractivity contribution in [2.24, 2.45) is 0 Å². The number of benzene rings is 1. The van der Waals surface area contributed by atoms with Crippen molar-refractivity contribution in [3.63, 3.8) is 0 Å². The van der Waals surface area contributed by atoms with E-state index >= 15 is 0 Å². The molecule has 0 saturated carbocycles. The minimum absolute atomic E-state index is 0.0326. The Morgan fingerprint density at radius 3 is 2.62 bits per heavy atom. The van der Waals surface area contributed by atoms with Crippen LogP contribution < -0.4 is 10.5 Å². The molecule has 3 N–H and O–H groups in total. The van der Waals surface area contributed by atoms with Crippen molar-refractivity contribution in [2.45, 2.75) is 4.90 Å². The van der Waals surface area contributed by atoms with E-state index in [1.54, 1.807) is 0 Å². The third-order valence-corrected chi connectivity index (χ3v) is 3.56. The Balaban J connectivity index is 3.03. The van der Waals surface area contributed by atoms with Crippen LogP contribution in [0.2, 0.25) is 5.02 Å². The molecule has 0 saturated heterocycles. The zero-order chi connectivity index (χ0) is 12.3. The smallest absolute Gasteiger partial charge is 0.242 e. The van der Waals surface area contributed by atoms with Crippen LogP contribution in [0.1, 0.15) is 0 Å². The molecule has 7 heteroatoms. The van der Waals surface area contributed by atoms with E-state index in [1.807, 2.05) is 0 Å². The van der Waals surface area contributed by atoms with Crippen LogP contribution in [-0.4, -0.2) is 15.0 Å². The molecule has 0 bridgehead atoms. The Labute approximate surface area is 104 Å². The monoisotopic (exact) mass is 280 g/mol. The van der Waals surface area contributed by atoms with Crippen LogP contribution >= 0.6 is 23.2 Å². The van der Waals surface area contributed by atoms with Crippen LogP contribution in [0.3, 0.4) is 0 Å². The third-order valence-electron chi connectivity index (χ3n) is 1.72. The summed E-state index contributed by atoms with van der Waals surface area (Å²) >= 11 is 11.1. The number of nitrogen functional groups attached to an aromatic ring is 1. The highest BCUT2D eigenvalue weighted by molar-refractivity contribution is 7.89. The van der Waals surface area contributed by atoms with Crippen molar-refractivity contribution in [1.82, 2.24) is 4.72 Å². The Hall–Kier alpha value is -0.750. The second-order valence-electron chi connectivity index (χ2n) is 3.02. The van der Waals surface area contributed by atoms with Gasteiger partial charge in [-0.25, -0.2) is 13.1 Å². The van der Waals surface area contributed by atoms with Gasteiger partial charge in [0.2, 0.25) is 10.0 Å². The van der Waals surface area contributed by atoms with Gasteiger partial charge in [0, 0.05) is 16.6 Å². The maximum atomic E-state index is 11.7. The fourth-order valence-electron chi connectivity index (χ4n) is 1.02. The van der Waals surface area contributed by atoms with E-state index < -0.39 is 10.0 Å². The van der Waals surface area contributed by atoms with Gasteiger partial charge in [-0.05, 0) is 18.2 Å². The van der Waals surface area contributed by atoms with Gasteiger partial charge in [0.05, 0.1) is 5.69 Å². The molecule has 0 radical (unpaired) electrons. The molecule has 0 heterocycles. The number of halogens is 2. The fraction of sp³-hybridized carbons (Fsp3) is 0.111. The second kappa shape index (κ2) is 5.05. The Bertz CT molecular complexity index is 514. The minimum Gasteiger partial charge on any atom is -0.398 e. The molecule has 1 aromatic rings. The summed E-state index contributed by atoms with van der Waals surface area (Å²) in [4.78, 5) is -0.0326. The maximum absolute atomic E-state index is 11.7. The van der Waals surface area contributed by atoms with E-state index in [-0.39, 0.29) is 22.2 Å². The van der Waals surface area contributed by atoms with Gasteiger partial charge in [-0.2, -0.15) is 0 Å². The van der Waals surface area contributed by atoms with Crippen molar-refractivity contribution in [3.05, 3.63) is 34.8 Å². The van der Waals surface area contributed by atoms with E-state index in [0.717, 1.165) is 0 Å². The fourth-order valence-corrected chi connectivity index (χ4v) is 2.48. The third kappa shape index (κ3) is 3.38. The molecule has 0 aliphatic heterocycles. The standard InChI is InChI=1S/C9H10Cl2N2O2S/c1-6(10)5-13-16(14,15)9-3-2-7(11)4-8(9)12/h2-4,13H,1,5,12H2. The average Bonchev–Trinajstić information content (AvgIpc) is 2.14. The predicted molar refractivity (Wildman–Crippen MR) is 66.0 cm³/mol. The summed E-state index contributed by atoms with van der Waals surface area (Å²) < 4.78 is 25.7. The number of sulfonamides is 1. The van der Waals surface area contributed by atoms with Gasteiger partial charge >= 0.3 is 0 Å². The number of nitrogens with two attached hydrogens (primary N) is 1. The van der Waals surface area contributed by atoms with Crippen LogP contribution in [-0.2, 0) is 10.0 Å². The van der Waals surface area contributed by atoms with Crippen molar-refractivity contribution >= 4 is 38.9 Å². The summed E-state index contributed by atoms with van der Waals surface area (Å²) in [6.45, 7) is 3.32. The molecule has 0 aliphatic rings. The quantitative estimate of drug-likeness (QED) is 0.828. The van der Waals surface area contributed by atoms with Crippen molar-refractivity contribution in [1.29, 1.82) is 0 Å².